The second-order valence-corrected chi connectivity index (χ2v) is 6.42. The number of imidazole rings is 1. The zero-order valence-corrected chi connectivity index (χ0v) is 12.4. The SMILES string of the molecule is Nc1ncnc2c1ncn2[C@@H]1O[C@H](/C=C/P(=O)(O)O)[C@@H](O)[C@H]1F. The Bertz CT molecular complexity index is 807. The highest BCUT2D eigenvalue weighted by molar-refractivity contribution is 7.55. The first kappa shape index (κ1) is 16.0. The highest BCUT2D eigenvalue weighted by Gasteiger charge is 2.45. The summed E-state index contributed by atoms with van der Waals surface area (Å²) >= 11 is 0. The number of anilines is 1. The number of nitrogens with two attached hydrogens (primary N) is 1. The van der Waals surface area contributed by atoms with Crippen LogP contribution in [0, 0.1) is 0 Å². The average molecular weight is 345 g/mol. The quantitative estimate of drug-likeness (QED) is 0.548. The molecule has 0 aliphatic carbocycles. The van der Waals surface area contributed by atoms with Crippen LogP contribution < -0.4 is 5.73 Å². The van der Waals surface area contributed by atoms with Crippen LogP contribution in [0.2, 0.25) is 0 Å². The number of nitrogen functional groups attached to an aromatic ring is 1. The molecule has 10 nitrogen and oxygen atoms in total. The first-order chi connectivity index (χ1) is 10.8. The number of alkyl halides is 1. The van der Waals surface area contributed by atoms with E-state index in [0.29, 0.717) is 5.82 Å². The van der Waals surface area contributed by atoms with Crippen molar-refractivity contribution in [3.05, 3.63) is 24.5 Å². The van der Waals surface area contributed by atoms with E-state index in [1.165, 1.54) is 17.2 Å². The van der Waals surface area contributed by atoms with E-state index in [2.05, 4.69) is 15.0 Å². The van der Waals surface area contributed by atoms with Gasteiger partial charge in [-0.1, -0.05) is 0 Å². The Kier molecular flexibility index (Phi) is 3.90. The van der Waals surface area contributed by atoms with Crippen molar-refractivity contribution in [1.29, 1.82) is 0 Å². The van der Waals surface area contributed by atoms with Gasteiger partial charge in [-0.15, -0.1) is 0 Å². The zero-order valence-electron chi connectivity index (χ0n) is 11.5. The second kappa shape index (κ2) is 5.62. The minimum Gasteiger partial charge on any atom is -0.387 e. The summed E-state index contributed by atoms with van der Waals surface area (Å²) in [5.74, 6) is 0.669. The molecule has 0 saturated carbocycles. The molecule has 124 valence electrons. The minimum absolute atomic E-state index is 0.112. The predicted molar refractivity (Wildman–Crippen MR) is 75.7 cm³/mol. The van der Waals surface area contributed by atoms with Gasteiger partial charge in [0.25, 0.3) is 0 Å². The van der Waals surface area contributed by atoms with Crippen molar-refractivity contribution in [2.75, 3.05) is 5.73 Å². The summed E-state index contributed by atoms with van der Waals surface area (Å²) < 4.78 is 31.7. The van der Waals surface area contributed by atoms with Crippen LogP contribution in [0.4, 0.5) is 10.2 Å². The van der Waals surface area contributed by atoms with E-state index >= 15 is 0 Å². The van der Waals surface area contributed by atoms with Gasteiger partial charge in [0, 0.05) is 5.82 Å². The number of aromatic nitrogens is 4. The molecule has 3 rings (SSSR count). The molecule has 5 N–H and O–H groups in total. The molecule has 1 saturated heterocycles. The Balaban J connectivity index is 1.93. The van der Waals surface area contributed by atoms with E-state index in [1.54, 1.807) is 0 Å². The molecule has 0 amide bonds. The maximum Gasteiger partial charge on any atom is 0.348 e. The fourth-order valence-corrected chi connectivity index (χ4v) is 2.69. The lowest BCUT2D eigenvalue weighted by molar-refractivity contribution is -0.00168. The lowest BCUT2D eigenvalue weighted by Gasteiger charge is -2.14. The lowest BCUT2D eigenvalue weighted by atomic mass is 10.1. The van der Waals surface area contributed by atoms with Gasteiger partial charge in [0.15, 0.2) is 23.9 Å². The Morgan fingerprint density at radius 1 is 1.39 bits per heavy atom. The van der Waals surface area contributed by atoms with E-state index in [9.17, 15) is 14.1 Å². The molecule has 0 radical (unpaired) electrons. The molecule has 3 heterocycles. The van der Waals surface area contributed by atoms with Crippen LogP contribution in [0.3, 0.4) is 0 Å². The summed E-state index contributed by atoms with van der Waals surface area (Å²) in [6, 6.07) is 0. The van der Waals surface area contributed by atoms with Crippen LogP contribution in [0.15, 0.2) is 24.5 Å². The van der Waals surface area contributed by atoms with Crippen LogP contribution >= 0.6 is 7.60 Å². The van der Waals surface area contributed by atoms with E-state index in [1.807, 2.05) is 0 Å². The summed E-state index contributed by atoms with van der Waals surface area (Å²) in [5.41, 5.74) is 6.12. The maximum atomic E-state index is 14.3. The van der Waals surface area contributed by atoms with E-state index in [0.717, 1.165) is 6.08 Å². The molecule has 1 aliphatic heterocycles. The Hall–Kier alpha value is -1.91. The highest BCUT2D eigenvalue weighted by atomic mass is 31.2. The van der Waals surface area contributed by atoms with Crippen LogP contribution in [0.1, 0.15) is 6.23 Å². The third-order valence-corrected chi connectivity index (χ3v) is 3.92. The van der Waals surface area contributed by atoms with Crippen LogP contribution in [-0.2, 0) is 9.30 Å². The van der Waals surface area contributed by atoms with Crippen LogP contribution in [0.25, 0.3) is 11.2 Å². The minimum atomic E-state index is -4.44. The summed E-state index contributed by atoms with van der Waals surface area (Å²) in [6.07, 6.45) is -2.58. The molecule has 23 heavy (non-hydrogen) atoms. The molecule has 0 aromatic carbocycles. The van der Waals surface area contributed by atoms with Crippen molar-refractivity contribution in [1.82, 2.24) is 19.5 Å². The molecule has 0 spiro atoms. The number of fused-ring (bicyclic) bond motifs is 1. The van der Waals surface area contributed by atoms with Crippen molar-refractivity contribution >= 4 is 24.6 Å². The summed E-state index contributed by atoms with van der Waals surface area (Å²) in [5, 5.41) is 9.85. The van der Waals surface area contributed by atoms with Crippen molar-refractivity contribution in [3.63, 3.8) is 0 Å². The number of rotatable bonds is 3. The first-order valence-corrected chi connectivity index (χ1v) is 8.11. The first-order valence-electron chi connectivity index (χ1n) is 6.43. The van der Waals surface area contributed by atoms with Crippen molar-refractivity contribution < 1.29 is 28.6 Å². The molecule has 2 aromatic rings. The highest BCUT2D eigenvalue weighted by Crippen LogP contribution is 2.39. The topological polar surface area (TPSA) is 157 Å². The molecular weight excluding hydrogens is 332 g/mol. The number of halogens is 1. The molecule has 12 heteroatoms. The smallest absolute Gasteiger partial charge is 0.348 e. The largest absolute Gasteiger partial charge is 0.387 e. The van der Waals surface area contributed by atoms with Gasteiger partial charge in [0.2, 0.25) is 0 Å². The lowest BCUT2D eigenvalue weighted by Crippen LogP contribution is -2.27. The van der Waals surface area contributed by atoms with Crippen molar-refractivity contribution in [3.8, 4) is 0 Å². The van der Waals surface area contributed by atoms with E-state index in [4.69, 9.17) is 20.3 Å². The van der Waals surface area contributed by atoms with Gasteiger partial charge in [0.05, 0.1) is 6.33 Å². The predicted octanol–water partition coefficient (Wildman–Crippen LogP) is -0.304. The summed E-state index contributed by atoms with van der Waals surface area (Å²) in [6.45, 7) is 0. The third kappa shape index (κ3) is 2.96. The molecule has 2 aromatic heterocycles. The fraction of sp³-hybridized carbons (Fsp3) is 0.364. The average Bonchev–Trinajstić information content (AvgIpc) is 3.01. The van der Waals surface area contributed by atoms with Crippen LogP contribution in [-0.4, -0.2) is 52.8 Å². The fourth-order valence-electron chi connectivity index (χ4n) is 2.30. The number of ether oxygens (including phenoxy) is 1. The van der Waals surface area contributed by atoms with Gasteiger partial charge >= 0.3 is 7.60 Å². The van der Waals surface area contributed by atoms with Gasteiger partial charge in [-0.05, 0) is 6.08 Å². The van der Waals surface area contributed by atoms with Gasteiger partial charge in [-0.25, -0.2) is 19.3 Å². The normalized spacial score (nSPS) is 28.9. The molecule has 4 atom stereocenters. The molecule has 1 aliphatic rings. The molecule has 0 bridgehead atoms. The summed E-state index contributed by atoms with van der Waals surface area (Å²) in [7, 11) is -4.44. The zero-order chi connectivity index (χ0) is 16.8. The maximum absolute atomic E-state index is 14.3. The second-order valence-electron chi connectivity index (χ2n) is 4.94. The Morgan fingerprint density at radius 2 is 2.13 bits per heavy atom. The monoisotopic (exact) mass is 345 g/mol. The molecular formula is C11H13FN5O5P. The van der Waals surface area contributed by atoms with Crippen molar-refractivity contribution in [2.45, 2.75) is 24.6 Å². The molecule has 1 fully saturated rings. The third-order valence-electron chi connectivity index (χ3n) is 3.36. The Morgan fingerprint density at radius 3 is 2.83 bits per heavy atom. The number of aliphatic hydroxyl groups excluding tert-OH is 1. The van der Waals surface area contributed by atoms with Gasteiger partial charge in [0.1, 0.15) is 24.1 Å². The number of hydrogen-bond acceptors (Lipinski definition) is 7. The standard InChI is InChI=1S/C11H13FN5O5P/c12-6-8(18)5(1-2-23(19,20)21)22-11(6)17-4-16-7-9(13)14-3-15-10(7)17/h1-6,8,11,18H,(H2,13,14,15)(H2,19,20,21)/b2-1+/t5-,6-,8-,11-/m1/s1. The van der Waals surface area contributed by atoms with E-state index < -0.39 is 32.2 Å². The Labute approximate surface area is 128 Å². The van der Waals surface area contributed by atoms with Gasteiger partial charge < -0.3 is 25.4 Å². The van der Waals surface area contributed by atoms with Crippen molar-refractivity contribution in [2.24, 2.45) is 0 Å². The number of nitrogens with zero attached hydrogens (tertiary/aromatic N) is 4. The molecule has 0 unspecified atom stereocenters. The van der Waals surface area contributed by atoms with Crippen LogP contribution in [0.5, 0.6) is 0 Å². The number of hydrogen-bond donors (Lipinski definition) is 4. The van der Waals surface area contributed by atoms with Gasteiger partial charge in [-0.2, -0.15) is 0 Å². The summed E-state index contributed by atoms with van der Waals surface area (Å²) in [4.78, 5) is 29.3. The van der Waals surface area contributed by atoms with E-state index in [-0.39, 0.29) is 17.0 Å². The number of aliphatic hydroxyl groups is 1. The van der Waals surface area contributed by atoms with Gasteiger partial charge in [-0.3, -0.25) is 9.13 Å².